The van der Waals surface area contributed by atoms with E-state index in [1.54, 1.807) is 18.2 Å². The molecule has 2 fully saturated rings. The molecule has 1 aromatic rings. The molecule has 0 radical (unpaired) electrons. The third kappa shape index (κ3) is 5.11. The molecular weight excluding hydrogens is 389 g/mol. The Morgan fingerprint density at radius 1 is 1.32 bits per heavy atom. The Morgan fingerprint density at radius 2 is 2.06 bits per heavy atom. The topological polar surface area (TPSA) is 49.3 Å². The lowest BCUT2D eigenvalue weighted by Gasteiger charge is -2.59. The van der Waals surface area contributed by atoms with Crippen molar-refractivity contribution < 1.29 is 14.3 Å². The predicted octanol–water partition coefficient (Wildman–Crippen LogP) is 5.94. The van der Waals surface area contributed by atoms with Gasteiger partial charge in [0.05, 0.1) is 6.10 Å². The van der Waals surface area contributed by atoms with E-state index in [0.29, 0.717) is 18.4 Å². The van der Waals surface area contributed by atoms with E-state index in [0.717, 1.165) is 49.7 Å². The zero-order chi connectivity index (χ0) is 22.8. The van der Waals surface area contributed by atoms with E-state index in [1.807, 2.05) is 6.92 Å². The maximum atomic E-state index is 13.3. The van der Waals surface area contributed by atoms with Crippen molar-refractivity contribution in [3.8, 4) is 0 Å². The van der Waals surface area contributed by atoms with Gasteiger partial charge in [-0.1, -0.05) is 50.6 Å². The van der Waals surface area contributed by atoms with Crippen LogP contribution in [0.2, 0.25) is 0 Å². The minimum Gasteiger partial charge on any atom is -0.393 e. The standard InChI is InChI=1S/C27H38FNO2/c1-18(15-25(31)29-17-20-7-6-8-21(28)16-20)9-11-22-19(2)10-12-23-26(3,4)24(30)13-14-27(22,23)5/h6-8,15-16,22-24,30H,2,9-14,17H2,1,3-5H3,(H,29,31)/b18-15+/t22-,23-,24-,27+/m1/s1. The van der Waals surface area contributed by atoms with Gasteiger partial charge in [0.25, 0.3) is 0 Å². The van der Waals surface area contributed by atoms with Crippen LogP contribution < -0.4 is 5.32 Å². The maximum absolute atomic E-state index is 13.3. The number of carbonyl (C=O) groups is 1. The van der Waals surface area contributed by atoms with Crippen LogP contribution >= 0.6 is 0 Å². The van der Waals surface area contributed by atoms with E-state index < -0.39 is 0 Å². The molecule has 0 saturated heterocycles. The van der Waals surface area contributed by atoms with Crippen molar-refractivity contribution in [1.82, 2.24) is 5.32 Å². The van der Waals surface area contributed by atoms with Crippen molar-refractivity contribution in [3.63, 3.8) is 0 Å². The lowest BCUT2D eigenvalue weighted by atomic mass is 9.46. The normalized spacial score (nSPS) is 30.6. The minimum absolute atomic E-state index is 0.0758. The second-order valence-corrected chi connectivity index (χ2v) is 10.6. The molecular formula is C27H38FNO2. The van der Waals surface area contributed by atoms with Gasteiger partial charge in [-0.2, -0.15) is 0 Å². The number of allylic oxidation sites excluding steroid dienone is 2. The summed E-state index contributed by atoms with van der Waals surface area (Å²) in [5.74, 6) is 0.460. The smallest absolute Gasteiger partial charge is 0.244 e. The molecule has 170 valence electrons. The van der Waals surface area contributed by atoms with E-state index in [4.69, 9.17) is 0 Å². The van der Waals surface area contributed by atoms with E-state index >= 15 is 0 Å². The van der Waals surface area contributed by atoms with Crippen LogP contribution in [-0.2, 0) is 11.3 Å². The van der Waals surface area contributed by atoms with E-state index in [9.17, 15) is 14.3 Å². The molecule has 0 heterocycles. The molecule has 0 bridgehead atoms. The van der Waals surface area contributed by atoms with Crippen molar-refractivity contribution in [3.05, 3.63) is 59.4 Å². The largest absolute Gasteiger partial charge is 0.393 e. The van der Waals surface area contributed by atoms with Crippen molar-refractivity contribution in [1.29, 1.82) is 0 Å². The molecule has 0 aromatic heterocycles. The molecule has 3 rings (SSSR count). The van der Waals surface area contributed by atoms with Crippen LogP contribution in [0.15, 0.2) is 48.1 Å². The van der Waals surface area contributed by atoms with Gasteiger partial charge in [0.15, 0.2) is 0 Å². The Kier molecular flexibility index (Phi) is 7.10. The Hall–Kier alpha value is -1.94. The average Bonchev–Trinajstić information content (AvgIpc) is 2.69. The molecule has 3 nitrogen and oxygen atoms in total. The summed E-state index contributed by atoms with van der Waals surface area (Å²) in [6, 6.07) is 6.28. The highest BCUT2D eigenvalue weighted by molar-refractivity contribution is 5.88. The molecule has 1 amide bonds. The first-order chi connectivity index (χ1) is 14.5. The number of rotatable bonds is 6. The second kappa shape index (κ2) is 9.28. The number of benzene rings is 1. The molecule has 2 saturated carbocycles. The van der Waals surface area contributed by atoms with Crippen LogP contribution in [0, 0.1) is 28.5 Å². The second-order valence-electron chi connectivity index (χ2n) is 10.6. The number of hydrogen-bond donors (Lipinski definition) is 2. The summed E-state index contributed by atoms with van der Waals surface area (Å²) in [7, 11) is 0. The van der Waals surface area contributed by atoms with E-state index in [2.05, 4.69) is 32.7 Å². The SMILES string of the molecule is C=C1CC[C@@H]2C(C)(C)[C@H](O)CC[C@@]2(C)[C@@H]1CC/C(C)=C/C(=O)NCc1cccc(F)c1. The molecule has 2 aliphatic rings. The van der Waals surface area contributed by atoms with Gasteiger partial charge in [-0.15, -0.1) is 0 Å². The number of aliphatic hydroxyl groups is 1. The van der Waals surface area contributed by atoms with Crippen molar-refractivity contribution >= 4 is 5.91 Å². The molecule has 31 heavy (non-hydrogen) atoms. The Balaban J connectivity index is 1.60. The fourth-order valence-electron chi connectivity index (χ4n) is 6.25. The Morgan fingerprint density at radius 3 is 2.77 bits per heavy atom. The first kappa shape index (κ1) is 23.7. The average molecular weight is 428 g/mol. The van der Waals surface area contributed by atoms with Crippen LogP contribution in [0.1, 0.15) is 71.8 Å². The van der Waals surface area contributed by atoms with Crippen molar-refractivity contribution in [2.45, 2.75) is 78.9 Å². The van der Waals surface area contributed by atoms with Gasteiger partial charge in [0.1, 0.15) is 5.82 Å². The van der Waals surface area contributed by atoms with Crippen LogP contribution in [0.25, 0.3) is 0 Å². The van der Waals surface area contributed by atoms with Crippen molar-refractivity contribution in [2.24, 2.45) is 22.7 Å². The predicted molar refractivity (Wildman–Crippen MR) is 124 cm³/mol. The zero-order valence-electron chi connectivity index (χ0n) is 19.5. The molecule has 2 N–H and O–H groups in total. The van der Waals surface area contributed by atoms with Crippen LogP contribution in [0.3, 0.4) is 0 Å². The highest BCUT2D eigenvalue weighted by atomic mass is 19.1. The molecule has 4 heteroatoms. The van der Waals surface area contributed by atoms with Gasteiger partial charge in [-0.05, 0) is 85.8 Å². The zero-order valence-corrected chi connectivity index (χ0v) is 19.5. The van der Waals surface area contributed by atoms with Gasteiger partial charge >= 0.3 is 0 Å². The quantitative estimate of drug-likeness (QED) is 0.436. The maximum Gasteiger partial charge on any atom is 0.244 e. The first-order valence-electron chi connectivity index (χ1n) is 11.6. The lowest BCUT2D eigenvalue weighted by molar-refractivity contribution is -0.124. The number of carbonyl (C=O) groups excluding carboxylic acids is 1. The first-order valence-corrected chi connectivity index (χ1v) is 11.6. The summed E-state index contributed by atoms with van der Waals surface area (Å²) in [6.45, 7) is 13.6. The van der Waals surface area contributed by atoms with E-state index in [1.165, 1.54) is 17.7 Å². The van der Waals surface area contributed by atoms with Crippen LogP contribution in [-0.4, -0.2) is 17.1 Å². The van der Waals surface area contributed by atoms with Gasteiger partial charge in [-0.3, -0.25) is 4.79 Å². The number of aliphatic hydroxyl groups excluding tert-OH is 1. The molecule has 2 aliphatic carbocycles. The summed E-state index contributed by atoms with van der Waals surface area (Å²) in [5.41, 5.74) is 3.20. The summed E-state index contributed by atoms with van der Waals surface area (Å²) < 4.78 is 13.3. The summed E-state index contributed by atoms with van der Waals surface area (Å²) >= 11 is 0. The summed E-state index contributed by atoms with van der Waals surface area (Å²) in [4.78, 5) is 12.3. The fraction of sp³-hybridized carbons (Fsp3) is 0.593. The lowest BCUT2D eigenvalue weighted by Crippen LogP contribution is -2.54. The van der Waals surface area contributed by atoms with Crippen LogP contribution in [0.5, 0.6) is 0 Å². The molecule has 0 unspecified atom stereocenters. The van der Waals surface area contributed by atoms with Gasteiger partial charge in [0.2, 0.25) is 5.91 Å². The van der Waals surface area contributed by atoms with Gasteiger partial charge in [-0.25, -0.2) is 4.39 Å². The molecule has 0 spiro atoms. The number of halogens is 1. The molecule has 0 aliphatic heterocycles. The number of fused-ring (bicyclic) bond motifs is 1. The van der Waals surface area contributed by atoms with E-state index in [-0.39, 0.29) is 28.7 Å². The van der Waals surface area contributed by atoms with Gasteiger partial charge < -0.3 is 10.4 Å². The van der Waals surface area contributed by atoms with Crippen molar-refractivity contribution in [2.75, 3.05) is 0 Å². The molecule has 1 aromatic carbocycles. The highest BCUT2D eigenvalue weighted by Gasteiger charge is 2.55. The van der Waals surface area contributed by atoms with Crippen LogP contribution in [0.4, 0.5) is 4.39 Å². The third-order valence-corrected chi connectivity index (χ3v) is 8.11. The Bertz CT molecular complexity index is 859. The Labute approximate surface area is 186 Å². The summed E-state index contributed by atoms with van der Waals surface area (Å²) in [6.07, 6.45) is 7.27. The summed E-state index contributed by atoms with van der Waals surface area (Å²) in [5, 5.41) is 13.5. The molecule has 4 atom stereocenters. The monoisotopic (exact) mass is 427 g/mol. The number of amides is 1. The number of hydrogen-bond acceptors (Lipinski definition) is 2. The van der Waals surface area contributed by atoms with Gasteiger partial charge in [0, 0.05) is 12.6 Å². The third-order valence-electron chi connectivity index (χ3n) is 8.11. The minimum atomic E-state index is -0.295. The number of nitrogens with one attached hydrogen (secondary N) is 1. The highest BCUT2D eigenvalue weighted by Crippen LogP contribution is 2.61. The fourth-order valence-corrected chi connectivity index (χ4v) is 6.25.